The summed E-state index contributed by atoms with van der Waals surface area (Å²) in [5.41, 5.74) is 6.55. The van der Waals surface area contributed by atoms with E-state index in [-0.39, 0.29) is 11.8 Å². The van der Waals surface area contributed by atoms with Crippen molar-refractivity contribution in [3.63, 3.8) is 0 Å². The summed E-state index contributed by atoms with van der Waals surface area (Å²) in [7, 11) is 0. The normalized spacial score (nSPS) is 18.7. The molecule has 3 N–H and O–H groups in total. The van der Waals surface area contributed by atoms with Gasteiger partial charge in [0, 0.05) is 11.6 Å². The molecule has 2 rings (SSSR count). The van der Waals surface area contributed by atoms with Crippen LogP contribution in [0.15, 0.2) is 24.3 Å². The number of amides is 1. The van der Waals surface area contributed by atoms with E-state index in [0.29, 0.717) is 21.4 Å². The van der Waals surface area contributed by atoms with Crippen LogP contribution in [0.5, 0.6) is 0 Å². The first-order chi connectivity index (χ1) is 8.58. The molecule has 0 fully saturated rings. The Morgan fingerprint density at radius 2 is 1.94 bits per heavy atom. The number of nitrogens with one attached hydrogen (secondary N) is 1. The molecule has 5 heteroatoms. The molecular weight excluding hydrogens is 271 g/mol. The lowest BCUT2D eigenvalue weighted by Gasteiger charge is -2.17. The van der Waals surface area contributed by atoms with Gasteiger partial charge >= 0.3 is 0 Å². The summed E-state index contributed by atoms with van der Waals surface area (Å²) < 4.78 is 0. The van der Waals surface area contributed by atoms with E-state index in [9.17, 15) is 4.79 Å². The van der Waals surface area contributed by atoms with Gasteiger partial charge in [-0.05, 0) is 31.4 Å². The van der Waals surface area contributed by atoms with Crippen LogP contribution in [0.3, 0.4) is 0 Å². The highest BCUT2D eigenvalue weighted by atomic mass is 35.5. The van der Waals surface area contributed by atoms with Crippen LogP contribution in [0.4, 0.5) is 11.4 Å². The molecule has 0 saturated carbocycles. The molecule has 1 aliphatic carbocycles. The monoisotopic (exact) mass is 284 g/mol. The zero-order valence-electron chi connectivity index (χ0n) is 9.75. The van der Waals surface area contributed by atoms with Gasteiger partial charge in [-0.1, -0.05) is 35.4 Å². The maximum absolute atomic E-state index is 12.0. The van der Waals surface area contributed by atoms with Crippen LogP contribution in [0.2, 0.25) is 10.0 Å². The zero-order chi connectivity index (χ0) is 13.1. The Morgan fingerprint density at radius 3 is 2.50 bits per heavy atom. The number of carbonyl (C=O) groups is 1. The minimum absolute atomic E-state index is 0.00347. The molecule has 0 saturated heterocycles. The third-order valence-corrected chi connectivity index (χ3v) is 3.61. The van der Waals surface area contributed by atoms with Crippen molar-refractivity contribution in [2.45, 2.75) is 19.3 Å². The smallest absolute Gasteiger partial charge is 0.227 e. The Kier molecular flexibility index (Phi) is 4.15. The predicted molar refractivity (Wildman–Crippen MR) is 76.0 cm³/mol. The van der Waals surface area contributed by atoms with Gasteiger partial charge in [-0.25, -0.2) is 0 Å². The molecule has 0 aromatic heterocycles. The molecule has 18 heavy (non-hydrogen) atoms. The maximum Gasteiger partial charge on any atom is 0.227 e. The molecule has 1 unspecified atom stereocenters. The van der Waals surface area contributed by atoms with Crippen molar-refractivity contribution in [1.29, 1.82) is 0 Å². The van der Waals surface area contributed by atoms with E-state index in [1.54, 1.807) is 12.1 Å². The number of nitrogen functional groups attached to an aromatic ring is 1. The van der Waals surface area contributed by atoms with Gasteiger partial charge in [0.1, 0.15) is 0 Å². The number of hydrogen-bond donors (Lipinski definition) is 2. The van der Waals surface area contributed by atoms with E-state index >= 15 is 0 Å². The molecule has 1 aliphatic rings. The average molecular weight is 285 g/mol. The number of anilines is 2. The van der Waals surface area contributed by atoms with Gasteiger partial charge in [-0.2, -0.15) is 0 Å². The van der Waals surface area contributed by atoms with Crippen molar-refractivity contribution in [1.82, 2.24) is 0 Å². The Balaban J connectivity index is 2.09. The Labute approximate surface area is 116 Å². The average Bonchev–Trinajstić information content (AvgIpc) is 2.37. The highest BCUT2D eigenvalue weighted by Gasteiger charge is 2.19. The number of carbonyl (C=O) groups excluding carboxylic acids is 1. The minimum Gasteiger partial charge on any atom is -0.396 e. The van der Waals surface area contributed by atoms with Crippen LogP contribution in [0, 0.1) is 5.92 Å². The standard InChI is InChI=1S/C13H14Cl2N2O/c14-10-6-9(7-11(15)12(10)16)17-13(18)8-4-2-1-3-5-8/h1-2,6-8H,3-5,16H2,(H,17,18). The second-order valence-corrected chi connectivity index (χ2v) is 5.14. The van der Waals surface area contributed by atoms with Crippen molar-refractivity contribution in [2.75, 3.05) is 11.1 Å². The Bertz CT molecular complexity index is 477. The summed E-state index contributed by atoms with van der Waals surface area (Å²) in [5, 5.41) is 3.52. The topological polar surface area (TPSA) is 55.1 Å². The van der Waals surface area contributed by atoms with Gasteiger partial charge in [-0.3, -0.25) is 4.79 Å². The first-order valence-corrected chi connectivity index (χ1v) is 6.54. The van der Waals surface area contributed by atoms with E-state index in [2.05, 4.69) is 11.4 Å². The molecular formula is C13H14Cl2N2O. The van der Waals surface area contributed by atoms with Gasteiger partial charge in [0.2, 0.25) is 5.91 Å². The fourth-order valence-electron chi connectivity index (χ4n) is 1.93. The molecule has 96 valence electrons. The van der Waals surface area contributed by atoms with Gasteiger partial charge in [0.15, 0.2) is 0 Å². The van der Waals surface area contributed by atoms with Crippen molar-refractivity contribution in [2.24, 2.45) is 5.92 Å². The van der Waals surface area contributed by atoms with E-state index in [1.165, 1.54) is 0 Å². The lowest BCUT2D eigenvalue weighted by Crippen LogP contribution is -2.23. The molecule has 0 radical (unpaired) electrons. The minimum atomic E-state index is -0.00347. The number of nitrogens with two attached hydrogens (primary N) is 1. The fourth-order valence-corrected chi connectivity index (χ4v) is 2.42. The largest absolute Gasteiger partial charge is 0.396 e. The molecule has 1 amide bonds. The molecule has 1 aromatic rings. The van der Waals surface area contributed by atoms with E-state index in [1.807, 2.05) is 6.08 Å². The number of allylic oxidation sites excluding steroid dienone is 2. The second kappa shape index (κ2) is 5.63. The highest BCUT2D eigenvalue weighted by Crippen LogP contribution is 2.31. The molecule has 0 spiro atoms. The highest BCUT2D eigenvalue weighted by molar-refractivity contribution is 6.39. The Hall–Kier alpha value is -1.19. The summed E-state index contributed by atoms with van der Waals surface area (Å²) in [6.45, 7) is 0. The summed E-state index contributed by atoms with van der Waals surface area (Å²) in [6.07, 6.45) is 6.74. The zero-order valence-corrected chi connectivity index (χ0v) is 11.3. The fraction of sp³-hybridized carbons (Fsp3) is 0.308. The first-order valence-electron chi connectivity index (χ1n) is 5.78. The van der Waals surface area contributed by atoms with Crippen LogP contribution < -0.4 is 11.1 Å². The second-order valence-electron chi connectivity index (χ2n) is 4.32. The summed E-state index contributed by atoms with van der Waals surface area (Å²) in [4.78, 5) is 12.0. The SMILES string of the molecule is Nc1c(Cl)cc(NC(=O)C2CC=CCC2)cc1Cl. The molecule has 1 aromatic carbocycles. The van der Waals surface area contributed by atoms with Crippen LogP contribution in [-0.4, -0.2) is 5.91 Å². The van der Waals surface area contributed by atoms with Gasteiger partial charge < -0.3 is 11.1 Å². The van der Waals surface area contributed by atoms with Gasteiger partial charge in [-0.15, -0.1) is 0 Å². The summed E-state index contributed by atoms with van der Waals surface area (Å²) >= 11 is 11.8. The molecule has 0 aliphatic heterocycles. The lowest BCUT2D eigenvalue weighted by atomic mass is 9.93. The first kappa shape index (κ1) is 13.2. The number of hydrogen-bond acceptors (Lipinski definition) is 2. The van der Waals surface area contributed by atoms with Gasteiger partial charge in [0.05, 0.1) is 15.7 Å². The van der Waals surface area contributed by atoms with Gasteiger partial charge in [0.25, 0.3) is 0 Å². The maximum atomic E-state index is 12.0. The lowest BCUT2D eigenvalue weighted by molar-refractivity contribution is -0.120. The molecule has 0 bridgehead atoms. The summed E-state index contributed by atoms with van der Waals surface area (Å²) in [6, 6.07) is 3.22. The Morgan fingerprint density at radius 1 is 1.28 bits per heavy atom. The van der Waals surface area contributed by atoms with Crippen molar-refractivity contribution >= 4 is 40.5 Å². The molecule has 3 nitrogen and oxygen atoms in total. The van der Waals surface area contributed by atoms with E-state index in [0.717, 1.165) is 19.3 Å². The molecule has 0 heterocycles. The van der Waals surface area contributed by atoms with E-state index in [4.69, 9.17) is 28.9 Å². The van der Waals surface area contributed by atoms with Crippen LogP contribution >= 0.6 is 23.2 Å². The van der Waals surface area contributed by atoms with Crippen LogP contribution in [0.25, 0.3) is 0 Å². The third kappa shape index (κ3) is 2.98. The summed E-state index contributed by atoms with van der Waals surface area (Å²) in [5.74, 6) is 0.0151. The predicted octanol–water partition coefficient (Wildman–Crippen LogP) is 3.87. The van der Waals surface area contributed by atoms with E-state index < -0.39 is 0 Å². The number of halogens is 2. The van der Waals surface area contributed by atoms with Crippen LogP contribution in [0.1, 0.15) is 19.3 Å². The van der Waals surface area contributed by atoms with Crippen molar-refractivity contribution in [3.05, 3.63) is 34.3 Å². The van der Waals surface area contributed by atoms with Crippen LogP contribution in [-0.2, 0) is 4.79 Å². The quantitative estimate of drug-likeness (QED) is 0.640. The number of benzene rings is 1. The molecule has 1 atom stereocenters. The van der Waals surface area contributed by atoms with Crippen molar-refractivity contribution in [3.8, 4) is 0 Å². The van der Waals surface area contributed by atoms with Crippen molar-refractivity contribution < 1.29 is 4.79 Å². The third-order valence-electron chi connectivity index (χ3n) is 2.99. The number of rotatable bonds is 2.